The maximum absolute atomic E-state index is 12.9. The molecule has 1 unspecified atom stereocenters. The summed E-state index contributed by atoms with van der Waals surface area (Å²) in [6.07, 6.45) is 1.94. The lowest BCUT2D eigenvalue weighted by atomic mass is 10.1. The quantitative estimate of drug-likeness (QED) is 0.472. The topological polar surface area (TPSA) is 54.9 Å². The Bertz CT molecular complexity index is 885. The fourth-order valence-corrected chi connectivity index (χ4v) is 5.32. The van der Waals surface area contributed by atoms with Crippen molar-refractivity contribution in [1.29, 1.82) is 0 Å². The Balaban J connectivity index is 1.85. The molecule has 0 aliphatic carbocycles. The van der Waals surface area contributed by atoms with Gasteiger partial charge in [-0.15, -0.1) is 10.2 Å². The molecule has 0 aliphatic heterocycles. The number of halogens is 2. The van der Waals surface area contributed by atoms with Gasteiger partial charge in [-0.3, -0.25) is 4.79 Å². The zero-order chi connectivity index (χ0) is 18.5. The van der Waals surface area contributed by atoms with Crippen molar-refractivity contribution in [3.8, 4) is 0 Å². The third kappa shape index (κ3) is 5.14. The molecule has 0 radical (unpaired) electrons. The van der Waals surface area contributed by atoms with Crippen LogP contribution in [0.3, 0.4) is 0 Å². The van der Waals surface area contributed by atoms with Crippen LogP contribution in [0, 0.1) is 0 Å². The van der Waals surface area contributed by atoms with Crippen LogP contribution in [0.2, 0.25) is 10.0 Å². The van der Waals surface area contributed by atoms with Gasteiger partial charge in [0.25, 0.3) is 0 Å². The summed E-state index contributed by atoms with van der Waals surface area (Å²) in [5, 5.41) is 11.6. The van der Waals surface area contributed by atoms with E-state index in [9.17, 15) is 4.79 Å². The zero-order valence-electron chi connectivity index (χ0n) is 13.5. The lowest BCUT2D eigenvalue weighted by molar-refractivity contribution is -0.115. The molecule has 1 aromatic heterocycles. The number of amides is 1. The second-order valence-electron chi connectivity index (χ2n) is 5.09. The van der Waals surface area contributed by atoms with E-state index in [1.807, 2.05) is 36.6 Å². The highest BCUT2D eigenvalue weighted by Crippen LogP contribution is 2.39. The van der Waals surface area contributed by atoms with Crippen LogP contribution in [-0.2, 0) is 4.79 Å². The molecule has 3 aromatic rings. The molecule has 0 aliphatic rings. The number of hydrogen-bond donors (Lipinski definition) is 1. The monoisotopic (exact) mass is 441 g/mol. The normalized spacial score (nSPS) is 12.0. The number of rotatable bonds is 6. The summed E-state index contributed by atoms with van der Waals surface area (Å²) in [5.41, 5.74) is 1.43. The molecule has 2 aromatic carbocycles. The molecule has 1 heterocycles. The maximum Gasteiger partial charge on any atom is 0.242 e. The molecular formula is C17H13Cl2N3OS3. The second kappa shape index (κ2) is 9.10. The molecule has 1 atom stereocenters. The summed E-state index contributed by atoms with van der Waals surface area (Å²) >= 11 is 16.4. The minimum absolute atomic E-state index is 0.180. The standard InChI is InChI=1S/C17H13Cl2N3OS3/c1-24-16-21-22-17(26-16)25-14(10-5-3-2-4-6-10)15(23)20-13-8-11(18)7-12(19)9-13/h2-9,14H,1H3,(H,20,23). The van der Waals surface area contributed by atoms with Gasteiger partial charge < -0.3 is 5.32 Å². The van der Waals surface area contributed by atoms with Crippen molar-refractivity contribution in [2.24, 2.45) is 0 Å². The first-order valence-corrected chi connectivity index (χ1v) is 11.1. The van der Waals surface area contributed by atoms with Crippen molar-refractivity contribution in [2.75, 3.05) is 11.6 Å². The molecule has 26 heavy (non-hydrogen) atoms. The van der Waals surface area contributed by atoms with Gasteiger partial charge in [-0.1, -0.05) is 88.4 Å². The van der Waals surface area contributed by atoms with Crippen molar-refractivity contribution in [2.45, 2.75) is 13.9 Å². The van der Waals surface area contributed by atoms with Gasteiger partial charge in [0.1, 0.15) is 5.25 Å². The van der Waals surface area contributed by atoms with Crippen LogP contribution in [-0.4, -0.2) is 22.4 Å². The van der Waals surface area contributed by atoms with E-state index in [-0.39, 0.29) is 5.91 Å². The highest BCUT2D eigenvalue weighted by molar-refractivity contribution is 8.03. The third-order valence-electron chi connectivity index (χ3n) is 3.25. The summed E-state index contributed by atoms with van der Waals surface area (Å²) in [6, 6.07) is 14.5. The first kappa shape index (κ1) is 19.5. The number of aromatic nitrogens is 2. The third-order valence-corrected chi connectivity index (χ3v) is 6.93. The first-order valence-electron chi connectivity index (χ1n) is 7.41. The van der Waals surface area contributed by atoms with Crippen LogP contribution in [0.5, 0.6) is 0 Å². The number of nitrogens with zero attached hydrogens (tertiary/aromatic N) is 2. The number of nitrogens with one attached hydrogen (secondary N) is 1. The minimum atomic E-state index is -0.475. The van der Waals surface area contributed by atoms with Crippen LogP contribution in [0.25, 0.3) is 0 Å². The fraction of sp³-hybridized carbons (Fsp3) is 0.118. The molecule has 134 valence electrons. The lowest BCUT2D eigenvalue weighted by Gasteiger charge is -2.16. The Morgan fingerprint density at radius 3 is 2.35 bits per heavy atom. The van der Waals surface area contributed by atoms with E-state index in [2.05, 4.69) is 15.5 Å². The van der Waals surface area contributed by atoms with E-state index < -0.39 is 5.25 Å². The molecule has 1 amide bonds. The van der Waals surface area contributed by atoms with Gasteiger partial charge in [-0.05, 0) is 30.0 Å². The SMILES string of the molecule is CSc1nnc(SC(C(=O)Nc2cc(Cl)cc(Cl)c2)c2ccccc2)s1. The highest BCUT2D eigenvalue weighted by Gasteiger charge is 2.24. The van der Waals surface area contributed by atoms with Gasteiger partial charge in [0.15, 0.2) is 8.68 Å². The summed E-state index contributed by atoms with van der Waals surface area (Å²) in [7, 11) is 0. The first-order chi connectivity index (χ1) is 12.5. The van der Waals surface area contributed by atoms with Crippen molar-refractivity contribution in [3.63, 3.8) is 0 Å². The molecule has 4 nitrogen and oxygen atoms in total. The molecule has 0 spiro atoms. The van der Waals surface area contributed by atoms with E-state index in [0.717, 1.165) is 14.2 Å². The largest absolute Gasteiger partial charge is 0.325 e. The molecule has 0 fully saturated rings. The highest BCUT2D eigenvalue weighted by atomic mass is 35.5. The number of benzene rings is 2. The number of thioether (sulfide) groups is 2. The minimum Gasteiger partial charge on any atom is -0.325 e. The van der Waals surface area contributed by atoms with Crippen LogP contribution in [0.1, 0.15) is 10.8 Å². The second-order valence-corrected chi connectivity index (χ2v) is 9.35. The van der Waals surface area contributed by atoms with E-state index >= 15 is 0 Å². The van der Waals surface area contributed by atoms with Gasteiger partial charge in [0, 0.05) is 15.7 Å². The van der Waals surface area contributed by atoms with Gasteiger partial charge in [0.2, 0.25) is 5.91 Å². The van der Waals surface area contributed by atoms with Gasteiger partial charge >= 0.3 is 0 Å². The summed E-state index contributed by atoms with van der Waals surface area (Å²) < 4.78 is 1.60. The zero-order valence-corrected chi connectivity index (χ0v) is 17.4. The van der Waals surface area contributed by atoms with Crippen molar-refractivity contribution in [3.05, 3.63) is 64.1 Å². The number of carbonyl (C=O) groups excluding carboxylic acids is 1. The lowest BCUT2D eigenvalue weighted by Crippen LogP contribution is -2.19. The molecular weight excluding hydrogens is 429 g/mol. The molecule has 0 saturated carbocycles. The van der Waals surface area contributed by atoms with Crippen molar-refractivity contribution < 1.29 is 4.79 Å². The van der Waals surface area contributed by atoms with E-state index in [1.54, 1.807) is 18.2 Å². The number of anilines is 1. The Morgan fingerprint density at radius 2 is 1.73 bits per heavy atom. The summed E-state index contributed by atoms with van der Waals surface area (Å²) in [4.78, 5) is 12.9. The predicted molar refractivity (Wildman–Crippen MR) is 112 cm³/mol. The summed E-state index contributed by atoms with van der Waals surface area (Å²) in [6.45, 7) is 0. The maximum atomic E-state index is 12.9. The van der Waals surface area contributed by atoms with Gasteiger partial charge in [0.05, 0.1) is 0 Å². The van der Waals surface area contributed by atoms with Gasteiger partial charge in [-0.25, -0.2) is 0 Å². The van der Waals surface area contributed by atoms with E-state index in [1.165, 1.54) is 34.9 Å². The van der Waals surface area contributed by atoms with Crippen molar-refractivity contribution in [1.82, 2.24) is 10.2 Å². The average Bonchev–Trinajstić information content (AvgIpc) is 3.07. The van der Waals surface area contributed by atoms with E-state index in [4.69, 9.17) is 23.2 Å². The smallest absolute Gasteiger partial charge is 0.242 e. The molecule has 9 heteroatoms. The van der Waals surface area contributed by atoms with E-state index in [0.29, 0.717) is 15.7 Å². The summed E-state index contributed by atoms with van der Waals surface area (Å²) in [5.74, 6) is -0.180. The van der Waals surface area contributed by atoms with Crippen LogP contribution < -0.4 is 5.32 Å². The molecule has 3 rings (SSSR count). The number of hydrogen-bond acceptors (Lipinski definition) is 6. The van der Waals surface area contributed by atoms with Crippen molar-refractivity contribution >= 4 is 69.7 Å². The number of carbonyl (C=O) groups is 1. The average molecular weight is 442 g/mol. The molecule has 0 bridgehead atoms. The van der Waals surface area contributed by atoms with Crippen LogP contribution in [0.4, 0.5) is 5.69 Å². The molecule has 0 saturated heterocycles. The van der Waals surface area contributed by atoms with Gasteiger partial charge in [-0.2, -0.15) is 0 Å². The Hall–Kier alpha value is -1.25. The van der Waals surface area contributed by atoms with Crippen LogP contribution >= 0.6 is 58.1 Å². The Morgan fingerprint density at radius 1 is 1.08 bits per heavy atom. The van der Waals surface area contributed by atoms with Crippen LogP contribution in [0.15, 0.2) is 57.2 Å². The fourth-order valence-electron chi connectivity index (χ4n) is 2.16. The Kier molecular flexibility index (Phi) is 6.83. The molecule has 1 N–H and O–H groups in total. The Labute approximate surface area is 173 Å². The predicted octanol–water partition coefficient (Wildman–Crippen LogP) is 6.04.